The molecule has 0 saturated carbocycles. The van der Waals surface area contributed by atoms with Crippen LogP contribution in [0.2, 0.25) is 0 Å². The fraction of sp³-hybridized carbons (Fsp3) is 0.435. The molecule has 172 valence electrons. The van der Waals surface area contributed by atoms with Crippen LogP contribution in [0.3, 0.4) is 0 Å². The SMILES string of the molecule is Cc1ccc(NC(=O)Nc2cc(F)cc(O[C@H]3CCCN(C(=O)OC(C)(C)C)C3)c2)cn1. The lowest BCUT2D eigenvalue weighted by atomic mass is 10.1. The second kappa shape index (κ2) is 9.84. The highest BCUT2D eigenvalue weighted by Gasteiger charge is 2.28. The summed E-state index contributed by atoms with van der Waals surface area (Å²) in [5, 5.41) is 5.23. The van der Waals surface area contributed by atoms with Gasteiger partial charge in [0.25, 0.3) is 0 Å². The number of nitrogens with one attached hydrogen (secondary N) is 2. The first-order valence-corrected chi connectivity index (χ1v) is 10.5. The number of aromatic nitrogens is 1. The van der Waals surface area contributed by atoms with Gasteiger partial charge in [0.15, 0.2) is 0 Å². The van der Waals surface area contributed by atoms with Crippen molar-refractivity contribution in [1.29, 1.82) is 0 Å². The Morgan fingerprint density at radius 1 is 1.16 bits per heavy atom. The van der Waals surface area contributed by atoms with E-state index in [1.54, 1.807) is 23.1 Å². The third kappa shape index (κ3) is 7.11. The molecule has 2 heterocycles. The van der Waals surface area contributed by atoms with Crippen molar-refractivity contribution in [1.82, 2.24) is 9.88 Å². The van der Waals surface area contributed by atoms with Crippen LogP contribution in [0.25, 0.3) is 0 Å². The van der Waals surface area contributed by atoms with Crippen molar-refractivity contribution < 1.29 is 23.5 Å². The van der Waals surface area contributed by atoms with Gasteiger partial charge in [-0.05, 0) is 58.7 Å². The van der Waals surface area contributed by atoms with Gasteiger partial charge in [0.2, 0.25) is 0 Å². The summed E-state index contributed by atoms with van der Waals surface area (Å²) in [7, 11) is 0. The lowest BCUT2D eigenvalue weighted by molar-refractivity contribution is 0.00772. The number of likely N-dealkylation sites (tertiary alicyclic amines) is 1. The van der Waals surface area contributed by atoms with E-state index >= 15 is 0 Å². The van der Waals surface area contributed by atoms with Gasteiger partial charge in [-0.15, -0.1) is 0 Å². The maximum absolute atomic E-state index is 14.1. The highest BCUT2D eigenvalue weighted by molar-refractivity contribution is 5.99. The molecule has 0 spiro atoms. The van der Waals surface area contributed by atoms with Gasteiger partial charge < -0.3 is 25.0 Å². The van der Waals surface area contributed by atoms with Crippen LogP contribution in [-0.4, -0.2) is 46.8 Å². The van der Waals surface area contributed by atoms with Crippen molar-refractivity contribution in [3.8, 4) is 5.75 Å². The van der Waals surface area contributed by atoms with Crippen LogP contribution in [0.1, 0.15) is 39.3 Å². The molecular formula is C23H29FN4O4. The Hall–Kier alpha value is -3.36. The fourth-order valence-corrected chi connectivity index (χ4v) is 3.26. The second-order valence-corrected chi connectivity index (χ2v) is 8.75. The molecule has 8 nitrogen and oxygen atoms in total. The molecule has 1 saturated heterocycles. The molecule has 1 fully saturated rings. The number of carbonyl (C=O) groups is 2. The largest absolute Gasteiger partial charge is 0.488 e. The van der Waals surface area contributed by atoms with E-state index in [9.17, 15) is 14.0 Å². The number of piperidine rings is 1. The van der Waals surface area contributed by atoms with Crippen LogP contribution in [0.15, 0.2) is 36.5 Å². The fourth-order valence-electron chi connectivity index (χ4n) is 3.26. The van der Waals surface area contributed by atoms with Gasteiger partial charge in [-0.3, -0.25) is 4.98 Å². The van der Waals surface area contributed by atoms with Crippen molar-refractivity contribution in [2.75, 3.05) is 23.7 Å². The molecule has 2 aromatic rings. The number of nitrogens with zero attached hydrogens (tertiary/aromatic N) is 2. The zero-order valence-electron chi connectivity index (χ0n) is 18.8. The molecule has 3 rings (SSSR count). The zero-order chi connectivity index (χ0) is 23.3. The number of carbonyl (C=O) groups excluding carboxylic acids is 2. The van der Waals surface area contributed by atoms with Gasteiger partial charge in [-0.25, -0.2) is 14.0 Å². The van der Waals surface area contributed by atoms with Gasteiger partial charge in [0.1, 0.15) is 23.3 Å². The molecule has 1 aliphatic rings. The zero-order valence-corrected chi connectivity index (χ0v) is 18.8. The molecular weight excluding hydrogens is 415 g/mol. The number of hydrogen-bond donors (Lipinski definition) is 2. The van der Waals surface area contributed by atoms with Crippen LogP contribution >= 0.6 is 0 Å². The molecule has 0 radical (unpaired) electrons. The van der Waals surface area contributed by atoms with Crippen LogP contribution in [0.4, 0.5) is 25.4 Å². The number of anilines is 2. The van der Waals surface area contributed by atoms with Crippen LogP contribution in [0, 0.1) is 12.7 Å². The molecule has 3 amide bonds. The number of urea groups is 1. The summed E-state index contributed by atoms with van der Waals surface area (Å²) in [4.78, 5) is 30.3. The van der Waals surface area contributed by atoms with Gasteiger partial charge in [0, 0.05) is 30.1 Å². The van der Waals surface area contributed by atoms with E-state index in [0.29, 0.717) is 18.8 Å². The Bertz CT molecular complexity index is 959. The number of rotatable bonds is 4. The Morgan fingerprint density at radius 3 is 2.59 bits per heavy atom. The molecule has 2 N–H and O–H groups in total. The highest BCUT2D eigenvalue weighted by atomic mass is 19.1. The summed E-state index contributed by atoms with van der Waals surface area (Å²) in [6.45, 7) is 8.21. The molecule has 1 atom stereocenters. The number of halogens is 1. The van der Waals surface area contributed by atoms with Crippen LogP contribution in [-0.2, 0) is 4.74 Å². The number of hydrogen-bond acceptors (Lipinski definition) is 5. The molecule has 0 aliphatic carbocycles. The smallest absolute Gasteiger partial charge is 0.410 e. The first kappa shape index (κ1) is 23.3. The molecule has 9 heteroatoms. The minimum absolute atomic E-state index is 0.248. The minimum atomic E-state index is -0.580. The van der Waals surface area contributed by atoms with Gasteiger partial charge in [-0.2, -0.15) is 0 Å². The van der Waals surface area contributed by atoms with Crippen LogP contribution < -0.4 is 15.4 Å². The van der Waals surface area contributed by atoms with Gasteiger partial charge in [0.05, 0.1) is 18.4 Å². The maximum Gasteiger partial charge on any atom is 0.410 e. The average Bonchev–Trinajstić information content (AvgIpc) is 2.68. The normalized spacial score (nSPS) is 16.3. The van der Waals surface area contributed by atoms with E-state index in [1.807, 2.05) is 27.7 Å². The van der Waals surface area contributed by atoms with Crippen LogP contribution in [0.5, 0.6) is 5.75 Å². The summed E-state index contributed by atoms with van der Waals surface area (Å²) in [5.74, 6) is -0.275. The van der Waals surface area contributed by atoms with Crippen molar-refractivity contribution >= 4 is 23.5 Å². The van der Waals surface area contributed by atoms with Gasteiger partial charge >= 0.3 is 12.1 Å². The Labute approximate surface area is 187 Å². The summed E-state index contributed by atoms with van der Waals surface area (Å²) < 4.78 is 25.5. The van der Waals surface area contributed by atoms with Gasteiger partial charge in [-0.1, -0.05) is 0 Å². The molecule has 0 bridgehead atoms. The molecule has 1 aliphatic heterocycles. The third-order valence-corrected chi connectivity index (χ3v) is 4.63. The van der Waals surface area contributed by atoms with E-state index in [0.717, 1.165) is 18.5 Å². The molecule has 0 unspecified atom stereocenters. The summed E-state index contributed by atoms with van der Waals surface area (Å²) in [6, 6.07) is 6.96. The number of amides is 3. The monoisotopic (exact) mass is 444 g/mol. The maximum atomic E-state index is 14.1. The number of ether oxygens (including phenoxy) is 2. The Balaban J connectivity index is 1.60. The second-order valence-electron chi connectivity index (χ2n) is 8.75. The summed E-state index contributed by atoms with van der Waals surface area (Å²) in [5.41, 5.74) is 1.02. The topological polar surface area (TPSA) is 92.8 Å². The van der Waals surface area contributed by atoms with E-state index < -0.39 is 23.5 Å². The minimum Gasteiger partial charge on any atom is -0.488 e. The molecule has 1 aromatic carbocycles. The Morgan fingerprint density at radius 2 is 1.91 bits per heavy atom. The predicted molar refractivity (Wildman–Crippen MR) is 119 cm³/mol. The van der Waals surface area contributed by atoms with E-state index in [2.05, 4.69) is 15.6 Å². The lowest BCUT2D eigenvalue weighted by Gasteiger charge is -2.34. The number of pyridine rings is 1. The van der Waals surface area contributed by atoms with Crippen molar-refractivity contribution in [3.63, 3.8) is 0 Å². The summed E-state index contributed by atoms with van der Waals surface area (Å²) in [6.07, 6.45) is 2.30. The van der Waals surface area contributed by atoms with Crippen molar-refractivity contribution in [2.24, 2.45) is 0 Å². The number of aryl methyl sites for hydroxylation is 1. The summed E-state index contributed by atoms with van der Waals surface area (Å²) >= 11 is 0. The quantitative estimate of drug-likeness (QED) is 0.696. The third-order valence-electron chi connectivity index (χ3n) is 4.63. The first-order valence-electron chi connectivity index (χ1n) is 10.5. The average molecular weight is 445 g/mol. The van der Waals surface area contributed by atoms with Crippen molar-refractivity contribution in [2.45, 2.75) is 52.2 Å². The Kier molecular flexibility index (Phi) is 7.17. The number of benzene rings is 1. The highest BCUT2D eigenvalue weighted by Crippen LogP contribution is 2.25. The molecule has 32 heavy (non-hydrogen) atoms. The van der Waals surface area contributed by atoms with E-state index in [-0.39, 0.29) is 17.5 Å². The predicted octanol–water partition coefficient (Wildman–Crippen LogP) is 4.95. The van der Waals surface area contributed by atoms with E-state index in [4.69, 9.17) is 9.47 Å². The molecule has 1 aromatic heterocycles. The van der Waals surface area contributed by atoms with Crippen molar-refractivity contribution in [3.05, 3.63) is 48.0 Å². The standard InChI is InChI=1S/C23H29FN4O4/c1-15-7-8-17(13-25-15)26-21(29)27-18-10-16(24)11-20(12-18)31-19-6-5-9-28(14-19)22(30)32-23(2,3)4/h7-8,10-13,19H,5-6,9,14H2,1-4H3,(H2,26,27,29)/t19-/m0/s1. The van der Waals surface area contributed by atoms with E-state index in [1.165, 1.54) is 18.3 Å². The lowest BCUT2D eigenvalue weighted by Crippen LogP contribution is -2.46. The first-order chi connectivity index (χ1) is 15.1.